The number of nitrogens with two attached hydrogens (primary N) is 1. The van der Waals surface area contributed by atoms with E-state index in [4.69, 9.17) is 22.1 Å². The molecule has 29 heavy (non-hydrogen) atoms. The zero-order valence-electron chi connectivity index (χ0n) is 15.0. The third kappa shape index (κ3) is 3.07. The molecule has 4 rings (SSSR count). The Hall–Kier alpha value is -3.85. The summed E-state index contributed by atoms with van der Waals surface area (Å²) in [6, 6.07) is 11.3. The molecule has 0 aliphatic carbocycles. The molecule has 0 saturated carbocycles. The molecule has 9 nitrogen and oxygen atoms in total. The van der Waals surface area contributed by atoms with Gasteiger partial charge in [0.25, 0.3) is 5.91 Å². The van der Waals surface area contributed by atoms with E-state index in [0.29, 0.717) is 10.7 Å². The number of phenolic OH excluding ortho intramolecular Hbond substituents is 1. The van der Waals surface area contributed by atoms with Crippen molar-refractivity contribution in [3.8, 4) is 28.6 Å². The zero-order chi connectivity index (χ0) is 20.7. The number of para-hydroxylation sites is 1. The molecule has 4 N–H and O–H groups in total. The highest BCUT2D eigenvalue weighted by molar-refractivity contribution is 6.30. The van der Waals surface area contributed by atoms with Gasteiger partial charge in [-0.3, -0.25) is 4.79 Å². The van der Waals surface area contributed by atoms with Crippen LogP contribution >= 0.6 is 11.6 Å². The van der Waals surface area contributed by atoms with Gasteiger partial charge < -0.3 is 20.6 Å². The summed E-state index contributed by atoms with van der Waals surface area (Å²) in [5.41, 5.74) is 5.65. The Morgan fingerprint density at radius 3 is 2.59 bits per heavy atom. The minimum Gasteiger partial charge on any atom is -0.504 e. The van der Waals surface area contributed by atoms with Crippen LogP contribution in [-0.2, 0) is 0 Å². The van der Waals surface area contributed by atoms with Gasteiger partial charge in [-0.05, 0) is 36.4 Å². The molecule has 0 atom stereocenters. The van der Waals surface area contributed by atoms with Gasteiger partial charge in [0.2, 0.25) is 0 Å². The number of aromatic nitrogens is 4. The number of methoxy groups -OCH3 is 1. The highest BCUT2D eigenvalue weighted by atomic mass is 35.5. The van der Waals surface area contributed by atoms with E-state index in [1.165, 1.54) is 11.7 Å². The minimum atomic E-state index is -0.856. The van der Waals surface area contributed by atoms with E-state index in [1.807, 2.05) is 0 Å². The van der Waals surface area contributed by atoms with Gasteiger partial charge in [0.1, 0.15) is 5.52 Å². The van der Waals surface area contributed by atoms with Gasteiger partial charge in [-0.1, -0.05) is 17.7 Å². The van der Waals surface area contributed by atoms with Crippen molar-refractivity contribution in [3.63, 3.8) is 0 Å². The van der Waals surface area contributed by atoms with E-state index in [1.54, 1.807) is 42.5 Å². The number of fused-ring (bicyclic) bond motifs is 1. The molecule has 1 amide bonds. The molecule has 4 aromatic rings. The normalized spacial score (nSPS) is 11.0. The second-order valence-electron chi connectivity index (χ2n) is 6.06. The van der Waals surface area contributed by atoms with Crippen molar-refractivity contribution in [2.24, 2.45) is 5.73 Å². The highest BCUT2D eigenvalue weighted by Gasteiger charge is 2.22. The number of carbonyl (C=O) groups excluding carboxylic acids is 1. The molecule has 0 spiro atoms. The van der Waals surface area contributed by atoms with Crippen LogP contribution in [-0.4, -0.2) is 37.6 Å². The maximum Gasteiger partial charge on any atom is 0.332 e. The Kier molecular flexibility index (Phi) is 4.44. The quantitative estimate of drug-likeness (QED) is 0.471. The van der Waals surface area contributed by atoms with Gasteiger partial charge in [0, 0.05) is 5.02 Å². The fourth-order valence-electron chi connectivity index (χ4n) is 2.98. The van der Waals surface area contributed by atoms with Gasteiger partial charge in [-0.2, -0.15) is 0 Å². The highest BCUT2D eigenvalue weighted by Crippen LogP contribution is 2.35. The number of imidazole rings is 1. The standard InChI is InChI=1S/C19H14ClN5O4/c1-29-12-4-2-3-11(15(12)26)17-22-13(16(21)27)14-18(24-17)25(19(28)23-14)10-7-5-9(20)6-8-10/h2-8,26H,1H3,(H2,21,27)(H,23,28). The fraction of sp³-hybridized carbons (Fsp3) is 0.0526. The van der Waals surface area contributed by atoms with Crippen molar-refractivity contribution in [2.45, 2.75) is 0 Å². The summed E-state index contributed by atoms with van der Waals surface area (Å²) in [5, 5.41) is 11.0. The number of rotatable bonds is 4. The second-order valence-corrected chi connectivity index (χ2v) is 6.49. The number of hydrogen-bond acceptors (Lipinski definition) is 6. The van der Waals surface area contributed by atoms with E-state index in [0.717, 1.165) is 0 Å². The summed E-state index contributed by atoms with van der Waals surface area (Å²) in [5.74, 6) is -0.855. The smallest absolute Gasteiger partial charge is 0.332 e. The SMILES string of the molecule is COc1cccc(-c2nc(C(N)=O)c3[nH]c(=O)n(-c4ccc(Cl)cc4)c3n2)c1O. The summed E-state index contributed by atoms with van der Waals surface area (Å²) in [4.78, 5) is 35.7. The van der Waals surface area contributed by atoms with E-state index >= 15 is 0 Å². The van der Waals surface area contributed by atoms with Gasteiger partial charge in [-0.25, -0.2) is 19.3 Å². The molecule has 2 aromatic carbocycles. The molecule has 2 heterocycles. The van der Waals surface area contributed by atoms with E-state index < -0.39 is 11.6 Å². The maximum absolute atomic E-state index is 12.6. The van der Waals surface area contributed by atoms with Crippen LogP contribution in [0.15, 0.2) is 47.3 Å². The zero-order valence-corrected chi connectivity index (χ0v) is 15.8. The molecular weight excluding hydrogens is 398 g/mol. The predicted molar refractivity (Wildman–Crippen MR) is 107 cm³/mol. The van der Waals surface area contributed by atoms with Crippen LogP contribution in [0.3, 0.4) is 0 Å². The summed E-state index contributed by atoms with van der Waals surface area (Å²) >= 11 is 5.93. The van der Waals surface area contributed by atoms with Crippen molar-refractivity contribution in [1.29, 1.82) is 0 Å². The van der Waals surface area contributed by atoms with Crippen LogP contribution in [0.5, 0.6) is 11.5 Å². The summed E-state index contributed by atoms with van der Waals surface area (Å²) in [6.45, 7) is 0. The lowest BCUT2D eigenvalue weighted by atomic mass is 10.1. The van der Waals surface area contributed by atoms with Gasteiger partial charge in [-0.15, -0.1) is 0 Å². The maximum atomic E-state index is 12.6. The molecule has 0 radical (unpaired) electrons. The van der Waals surface area contributed by atoms with Gasteiger partial charge in [0.15, 0.2) is 28.7 Å². The summed E-state index contributed by atoms with van der Waals surface area (Å²) in [7, 11) is 1.40. The number of carbonyl (C=O) groups is 1. The molecule has 0 bridgehead atoms. The third-order valence-electron chi connectivity index (χ3n) is 4.31. The number of hydrogen-bond donors (Lipinski definition) is 3. The number of primary amides is 1. The Morgan fingerprint density at radius 1 is 1.21 bits per heavy atom. The van der Waals surface area contributed by atoms with Crippen molar-refractivity contribution in [3.05, 3.63) is 63.7 Å². The summed E-state index contributed by atoms with van der Waals surface area (Å²) < 4.78 is 6.37. The van der Waals surface area contributed by atoms with Crippen LogP contribution in [0.25, 0.3) is 28.2 Å². The van der Waals surface area contributed by atoms with Crippen molar-refractivity contribution in [1.82, 2.24) is 19.5 Å². The number of aromatic hydroxyl groups is 1. The van der Waals surface area contributed by atoms with Crippen LogP contribution < -0.4 is 16.2 Å². The lowest BCUT2D eigenvalue weighted by molar-refractivity contribution is 0.0997. The lowest BCUT2D eigenvalue weighted by Crippen LogP contribution is -2.15. The first-order valence-electron chi connectivity index (χ1n) is 8.35. The monoisotopic (exact) mass is 411 g/mol. The van der Waals surface area contributed by atoms with Crippen LogP contribution in [0, 0.1) is 0 Å². The number of nitrogens with zero attached hydrogens (tertiary/aromatic N) is 3. The van der Waals surface area contributed by atoms with Crippen molar-refractivity contribution >= 4 is 28.7 Å². The molecule has 10 heteroatoms. The summed E-state index contributed by atoms with van der Waals surface area (Å²) in [6.07, 6.45) is 0. The fourth-order valence-corrected chi connectivity index (χ4v) is 3.11. The van der Waals surface area contributed by atoms with Gasteiger partial charge in [0.05, 0.1) is 18.4 Å². The number of aromatic amines is 1. The molecule has 0 fully saturated rings. The van der Waals surface area contributed by atoms with Crippen LogP contribution in [0.4, 0.5) is 0 Å². The van der Waals surface area contributed by atoms with E-state index in [2.05, 4.69) is 15.0 Å². The van der Waals surface area contributed by atoms with Crippen LogP contribution in [0.2, 0.25) is 5.02 Å². The number of phenols is 1. The van der Waals surface area contributed by atoms with Crippen molar-refractivity contribution < 1.29 is 14.6 Å². The number of halogens is 1. The third-order valence-corrected chi connectivity index (χ3v) is 4.57. The number of benzene rings is 2. The molecule has 0 aliphatic heterocycles. The Morgan fingerprint density at radius 2 is 1.93 bits per heavy atom. The topological polar surface area (TPSA) is 136 Å². The molecule has 146 valence electrons. The number of nitrogens with one attached hydrogen (secondary N) is 1. The first kappa shape index (κ1) is 18.5. The number of H-pyrrole nitrogens is 1. The molecular formula is C19H14ClN5O4. The largest absolute Gasteiger partial charge is 0.504 e. The Bertz CT molecular complexity index is 1310. The van der Waals surface area contributed by atoms with E-state index in [-0.39, 0.29) is 39.7 Å². The van der Waals surface area contributed by atoms with Crippen LogP contribution in [0.1, 0.15) is 10.5 Å². The number of amides is 1. The molecule has 2 aromatic heterocycles. The van der Waals surface area contributed by atoms with Gasteiger partial charge >= 0.3 is 5.69 Å². The Labute approximate surface area is 168 Å². The number of ether oxygens (including phenoxy) is 1. The average Bonchev–Trinajstić information content (AvgIpc) is 3.03. The molecule has 0 unspecified atom stereocenters. The Balaban J connectivity index is 2.06. The first-order valence-corrected chi connectivity index (χ1v) is 8.73. The average molecular weight is 412 g/mol. The second kappa shape index (κ2) is 6.95. The van der Waals surface area contributed by atoms with E-state index in [9.17, 15) is 14.7 Å². The predicted octanol–water partition coefficient (Wildman–Crippen LogP) is 2.24. The lowest BCUT2D eigenvalue weighted by Gasteiger charge is -2.10. The first-order chi connectivity index (χ1) is 13.9. The minimum absolute atomic E-state index is 0.00409. The molecule has 0 saturated heterocycles. The molecule has 0 aliphatic rings. The van der Waals surface area contributed by atoms with Crippen molar-refractivity contribution in [2.75, 3.05) is 7.11 Å².